The Morgan fingerprint density at radius 2 is 2.12 bits per heavy atom. The normalized spacial score (nSPS) is 10.2. The van der Waals surface area contributed by atoms with Gasteiger partial charge in [0.05, 0.1) is 5.69 Å². The van der Waals surface area contributed by atoms with E-state index in [4.69, 9.17) is 5.11 Å². The number of H-pyrrole nitrogens is 1. The van der Waals surface area contributed by atoms with Crippen molar-refractivity contribution in [1.82, 2.24) is 10.2 Å². The Labute approximate surface area is 98.7 Å². The zero-order valence-electron chi connectivity index (χ0n) is 9.64. The largest absolute Gasteiger partial charge is 0.477 e. The number of rotatable bonds is 3. The second-order valence-electron chi connectivity index (χ2n) is 3.92. The molecule has 1 aromatic carbocycles. The van der Waals surface area contributed by atoms with Crippen LogP contribution in [0.1, 0.15) is 10.5 Å². The molecule has 0 bridgehead atoms. The fourth-order valence-corrected chi connectivity index (χ4v) is 1.52. The van der Waals surface area contributed by atoms with Gasteiger partial charge in [-0.2, -0.15) is 5.10 Å². The Bertz CT molecular complexity index is 546. The summed E-state index contributed by atoms with van der Waals surface area (Å²) in [5, 5.41) is 15.3. The van der Waals surface area contributed by atoms with Crippen molar-refractivity contribution in [2.75, 3.05) is 19.0 Å². The van der Waals surface area contributed by atoms with Crippen molar-refractivity contribution >= 4 is 11.7 Å². The van der Waals surface area contributed by atoms with Crippen molar-refractivity contribution in [2.24, 2.45) is 0 Å². The third-order valence-corrected chi connectivity index (χ3v) is 2.47. The quantitative estimate of drug-likeness (QED) is 0.845. The van der Waals surface area contributed by atoms with Crippen LogP contribution in [0, 0.1) is 0 Å². The minimum Gasteiger partial charge on any atom is -0.477 e. The molecule has 0 saturated carbocycles. The van der Waals surface area contributed by atoms with E-state index in [1.807, 2.05) is 43.3 Å². The number of carbonyl (C=O) groups is 1. The molecule has 2 N–H and O–H groups in total. The summed E-state index contributed by atoms with van der Waals surface area (Å²) in [6.07, 6.45) is 0. The summed E-state index contributed by atoms with van der Waals surface area (Å²) in [5.74, 6) is -1.01. The van der Waals surface area contributed by atoms with E-state index in [-0.39, 0.29) is 5.69 Å². The summed E-state index contributed by atoms with van der Waals surface area (Å²) < 4.78 is 0. The summed E-state index contributed by atoms with van der Waals surface area (Å²) in [6.45, 7) is 0. The highest BCUT2D eigenvalue weighted by Gasteiger charge is 2.09. The van der Waals surface area contributed by atoms with Crippen LogP contribution in [0.15, 0.2) is 30.3 Å². The molecule has 0 unspecified atom stereocenters. The number of nitrogens with zero attached hydrogens (tertiary/aromatic N) is 2. The van der Waals surface area contributed by atoms with Gasteiger partial charge in [-0.1, -0.05) is 12.1 Å². The highest BCUT2D eigenvalue weighted by Crippen LogP contribution is 2.22. The van der Waals surface area contributed by atoms with Crippen LogP contribution < -0.4 is 4.90 Å². The van der Waals surface area contributed by atoms with Gasteiger partial charge < -0.3 is 10.0 Å². The van der Waals surface area contributed by atoms with Crippen LogP contribution in [-0.4, -0.2) is 35.4 Å². The molecule has 0 aliphatic rings. The molecule has 1 heterocycles. The summed E-state index contributed by atoms with van der Waals surface area (Å²) in [5.41, 5.74) is 2.66. The van der Waals surface area contributed by atoms with Crippen LogP contribution in [0.5, 0.6) is 0 Å². The number of hydrogen-bond acceptors (Lipinski definition) is 3. The van der Waals surface area contributed by atoms with Gasteiger partial charge in [0.15, 0.2) is 0 Å². The molecule has 0 saturated heterocycles. The molecule has 0 atom stereocenters. The van der Waals surface area contributed by atoms with E-state index in [9.17, 15) is 4.79 Å². The van der Waals surface area contributed by atoms with Gasteiger partial charge in [-0.15, -0.1) is 0 Å². The lowest BCUT2D eigenvalue weighted by molar-refractivity contribution is 0.0690. The van der Waals surface area contributed by atoms with Crippen LogP contribution in [0.4, 0.5) is 5.69 Å². The lowest BCUT2D eigenvalue weighted by atomic mass is 10.1. The fourth-order valence-electron chi connectivity index (χ4n) is 1.52. The smallest absolute Gasteiger partial charge is 0.353 e. The molecular weight excluding hydrogens is 218 g/mol. The molecule has 5 nitrogen and oxygen atoms in total. The lowest BCUT2D eigenvalue weighted by Crippen LogP contribution is -2.08. The van der Waals surface area contributed by atoms with Gasteiger partial charge in [0, 0.05) is 25.3 Å². The molecule has 5 heteroatoms. The van der Waals surface area contributed by atoms with E-state index in [2.05, 4.69) is 10.2 Å². The zero-order chi connectivity index (χ0) is 12.4. The first-order chi connectivity index (χ1) is 8.08. The summed E-state index contributed by atoms with van der Waals surface area (Å²) >= 11 is 0. The molecule has 0 spiro atoms. The number of anilines is 1. The molecule has 2 rings (SSSR count). The van der Waals surface area contributed by atoms with Crippen molar-refractivity contribution < 1.29 is 9.90 Å². The predicted molar refractivity (Wildman–Crippen MR) is 65.3 cm³/mol. The van der Waals surface area contributed by atoms with Crippen molar-refractivity contribution in [2.45, 2.75) is 0 Å². The van der Waals surface area contributed by atoms with E-state index in [0.29, 0.717) is 5.69 Å². The lowest BCUT2D eigenvalue weighted by Gasteiger charge is -2.12. The number of hydrogen-bond donors (Lipinski definition) is 2. The summed E-state index contributed by atoms with van der Waals surface area (Å²) in [7, 11) is 3.90. The number of carboxylic acids is 1. The van der Waals surface area contributed by atoms with Crippen LogP contribution in [0.3, 0.4) is 0 Å². The number of aromatic amines is 1. The van der Waals surface area contributed by atoms with Gasteiger partial charge in [0.1, 0.15) is 5.69 Å². The Kier molecular flexibility index (Phi) is 2.82. The molecule has 0 aliphatic carbocycles. The van der Waals surface area contributed by atoms with E-state index >= 15 is 0 Å². The monoisotopic (exact) mass is 231 g/mol. The Morgan fingerprint density at radius 1 is 1.35 bits per heavy atom. The minimum absolute atomic E-state index is 0.0928. The molecule has 0 aliphatic heterocycles. The molecule has 17 heavy (non-hydrogen) atoms. The van der Waals surface area contributed by atoms with Gasteiger partial charge >= 0.3 is 5.97 Å². The van der Waals surface area contributed by atoms with Gasteiger partial charge in [0.2, 0.25) is 0 Å². The van der Waals surface area contributed by atoms with Crippen molar-refractivity contribution in [3.63, 3.8) is 0 Å². The molecular formula is C12H13N3O2. The first kappa shape index (κ1) is 11.2. The Morgan fingerprint density at radius 3 is 2.71 bits per heavy atom. The predicted octanol–water partition coefficient (Wildman–Crippen LogP) is 1.84. The summed E-state index contributed by atoms with van der Waals surface area (Å²) in [4.78, 5) is 12.7. The maximum atomic E-state index is 10.7. The second kappa shape index (κ2) is 4.29. The van der Waals surface area contributed by atoms with Crippen molar-refractivity contribution in [3.05, 3.63) is 36.0 Å². The Hall–Kier alpha value is -2.30. The molecule has 2 aromatic rings. The minimum atomic E-state index is -1.01. The van der Waals surface area contributed by atoms with E-state index < -0.39 is 5.97 Å². The average molecular weight is 231 g/mol. The number of aromatic nitrogens is 2. The van der Waals surface area contributed by atoms with E-state index in [1.54, 1.807) is 0 Å². The molecule has 0 fully saturated rings. The standard InChI is InChI=1S/C12H13N3O2/c1-15(2)9-5-3-4-8(6-9)10-7-11(12(16)17)14-13-10/h3-7H,1-2H3,(H,13,14)(H,16,17). The number of benzene rings is 1. The van der Waals surface area contributed by atoms with Gasteiger partial charge in [-0.25, -0.2) is 4.79 Å². The maximum absolute atomic E-state index is 10.7. The van der Waals surface area contributed by atoms with Crippen LogP contribution in [0.25, 0.3) is 11.3 Å². The van der Waals surface area contributed by atoms with Crippen molar-refractivity contribution in [1.29, 1.82) is 0 Å². The van der Waals surface area contributed by atoms with Gasteiger partial charge in [0.25, 0.3) is 0 Å². The number of aromatic carboxylic acids is 1. The van der Waals surface area contributed by atoms with Gasteiger partial charge in [-0.05, 0) is 18.2 Å². The Balaban J connectivity index is 2.38. The average Bonchev–Trinajstić information content (AvgIpc) is 2.78. The number of nitrogens with one attached hydrogen (secondary N) is 1. The summed E-state index contributed by atoms with van der Waals surface area (Å²) in [6, 6.07) is 9.28. The van der Waals surface area contributed by atoms with Crippen LogP contribution in [0.2, 0.25) is 0 Å². The maximum Gasteiger partial charge on any atom is 0.353 e. The third-order valence-electron chi connectivity index (χ3n) is 2.47. The van der Waals surface area contributed by atoms with Gasteiger partial charge in [-0.3, -0.25) is 5.10 Å². The third kappa shape index (κ3) is 2.28. The molecule has 0 amide bonds. The molecule has 0 radical (unpaired) electrons. The number of carboxylic acid groups (broad SMARTS) is 1. The first-order valence-electron chi connectivity index (χ1n) is 5.14. The molecule has 1 aromatic heterocycles. The fraction of sp³-hybridized carbons (Fsp3) is 0.167. The van der Waals surface area contributed by atoms with E-state index in [0.717, 1.165) is 11.3 Å². The topological polar surface area (TPSA) is 69.2 Å². The first-order valence-corrected chi connectivity index (χ1v) is 5.14. The second-order valence-corrected chi connectivity index (χ2v) is 3.92. The van der Waals surface area contributed by atoms with Crippen LogP contribution >= 0.6 is 0 Å². The zero-order valence-corrected chi connectivity index (χ0v) is 9.64. The van der Waals surface area contributed by atoms with E-state index in [1.165, 1.54) is 6.07 Å². The SMILES string of the molecule is CN(C)c1cccc(-c2cc(C(=O)O)[nH]n2)c1. The highest BCUT2D eigenvalue weighted by atomic mass is 16.4. The highest BCUT2D eigenvalue weighted by molar-refractivity contribution is 5.87. The van der Waals surface area contributed by atoms with Crippen molar-refractivity contribution in [3.8, 4) is 11.3 Å². The molecule has 88 valence electrons. The van der Waals surface area contributed by atoms with Crippen LogP contribution in [-0.2, 0) is 0 Å².